The Morgan fingerprint density at radius 1 is 1.24 bits per heavy atom. The van der Waals surface area contributed by atoms with Crippen molar-refractivity contribution in [3.05, 3.63) is 48.3 Å². The number of aromatic amines is 1. The number of hydrogen-bond donors (Lipinski definition) is 1. The van der Waals surface area contributed by atoms with E-state index in [-0.39, 0.29) is 0 Å². The van der Waals surface area contributed by atoms with Gasteiger partial charge in [-0.1, -0.05) is 18.2 Å². The number of aromatic nitrogens is 2. The van der Waals surface area contributed by atoms with Crippen LogP contribution in [0.1, 0.15) is 18.5 Å². The van der Waals surface area contributed by atoms with Crippen LogP contribution in [0.2, 0.25) is 0 Å². The van der Waals surface area contributed by atoms with Gasteiger partial charge in [-0.2, -0.15) is 9.40 Å². The average molecular weight is 305 g/mol. The molecule has 2 aromatic rings. The highest BCUT2D eigenvalue weighted by Crippen LogP contribution is 2.25. The predicted molar refractivity (Wildman–Crippen MR) is 80.2 cm³/mol. The SMILES string of the molecule is O=S(=O)(c1ccccc1)N1CCCC(Cc2ccn[nH]2)C1. The first kappa shape index (κ1) is 14.3. The smallest absolute Gasteiger partial charge is 0.243 e. The first-order valence-corrected chi connectivity index (χ1v) is 8.64. The molecule has 1 aromatic heterocycles. The number of nitrogens with zero attached hydrogens (tertiary/aromatic N) is 2. The van der Waals surface area contributed by atoms with E-state index in [2.05, 4.69) is 10.2 Å². The lowest BCUT2D eigenvalue weighted by Crippen LogP contribution is -2.40. The van der Waals surface area contributed by atoms with E-state index in [1.807, 2.05) is 12.1 Å². The Hall–Kier alpha value is -1.66. The monoisotopic (exact) mass is 305 g/mol. The maximum absolute atomic E-state index is 12.6. The second-order valence-electron chi connectivity index (χ2n) is 5.47. The number of H-pyrrole nitrogens is 1. The third-order valence-corrected chi connectivity index (χ3v) is 5.81. The summed E-state index contributed by atoms with van der Waals surface area (Å²) in [5.74, 6) is 0.345. The quantitative estimate of drug-likeness (QED) is 0.940. The van der Waals surface area contributed by atoms with Crippen LogP contribution in [0.25, 0.3) is 0 Å². The van der Waals surface area contributed by atoms with Crippen LogP contribution in [-0.4, -0.2) is 36.0 Å². The Kier molecular flexibility index (Phi) is 4.07. The molecule has 1 saturated heterocycles. The number of sulfonamides is 1. The van der Waals surface area contributed by atoms with Crippen molar-refractivity contribution in [2.24, 2.45) is 5.92 Å². The highest BCUT2D eigenvalue weighted by molar-refractivity contribution is 7.89. The second-order valence-corrected chi connectivity index (χ2v) is 7.41. The zero-order valence-corrected chi connectivity index (χ0v) is 12.6. The van der Waals surface area contributed by atoms with Crippen molar-refractivity contribution in [1.29, 1.82) is 0 Å². The van der Waals surface area contributed by atoms with Crippen molar-refractivity contribution in [2.75, 3.05) is 13.1 Å². The van der Waals surface area contributed by atoms with Crippen LogP contribution in [0.15, 0.2) is 47.5 Å². The van der Waals surface area contributed by atoms with Crippen LogP contribution in [0.4, 0.5) is 0 Å². The van der Waals surface area contributed by atoms with Crippen molar-refractivity contribution in [2.45, 2.75) is 24.2 Å². The number of piperidine rings is 1. The summed E-state index contributed by atoms with van der Waals surface area (Å²) in [7, 11) is -3.37. The Morgan fingerprint density at radius 3 is 2.76 bits per heavy atom. The van der Waals surface area contributed by atoms with Gasteiger partial charge in [0.1, 0.15) is 0 Å². The van der Waals surface area contributed by atoms with Crippen LogP contribution < -0.4 is 0 Å². The van der Waals surface area contributed by atoms with Gasteiger partial charge >= 0.3 is 0 Å². The summed E-state index contributed by atoms with van der Waals surface area (Å²) in [4.78, 5) is 0.382. The Morgan fingerprint density at radius 2 is 2.05 bits per heavy atom. The van der Waals surface area contributed by atoms with Gasteiger partial charge in [0.05, 0.1) is 4.90 Å². The molecule has 112 valence electrons. The number of rotatable bonds is 4. The van der Waals surface area contributed by atoms with Gasteiger partial charge in [0.15, 0.2) is 0 Å². The molecule has 0 saturated carbocycles. The lowest BCUT2D eigenvalue weighted by Gasteiger charge is -2.31. The topological polar surface area (TPSA) is 66.1 Å². The highest BCUT2D eigenvalue weighted by atomic mass is 32.2. The van der Waals surface area contributed by atoms with Gasteiger partial charge in [0.2, 0.25) is 10.0 Å². The Bertz CT molecular complexity index is 668. The van der Waals surface area contributed by atoms with E-state index in [9.17, 15) is 8.42 Å². The largest absolute Gasteiger partial charge is 0.283 e. The van der Waals surface area contributed by atoms with Crippen molar-refractivity contribution in [3.8, 4) is 0 Å². The molecule has 1 atom stereocenters. The van der Waals surface area contributed by atoms with Crippen LogP contribution >= 0.6 is 0 Å². The number of nitrogens with one attached hydrogen (secondary N) is 1. The van der Waals surface area contributed by atoms with Crippen molar-refractivity contribution < 1.29 is 8.42 Å². The normalized spacial score (nSPS) is 20.5. The average Bonchev–Trinajstić information content (AvgIpc) is 3.01. The van der Waals surface area contributed by atoms with Gasteiger partial charge in [-0.25, -0.2) is 8.42 Å². The molecule has 2 heterocycles. The number of benzene rings is 1. The third kappa shape index (κ3) is 3.16. The van der Waals surface area contributed by atoms with E-state index in [0.717, 1.165) is 25.0 Å². The lowest BCUT2D eigenvalue weighted by atomic mass is 9.95. The molecule has 1 unspecified atom stereocenters. The van der Waals surface area contributed by atoms with E-state index in [4.69, 9.17) is 0 Å². The molecule has 0 amide bonds. The summed E-state index contributed by atoms with van der Waals surface area (Å²) in [6, 6.07) is 10.6. The minimum atomic E-state index is -3.37. The molecule has 1 aliphatic rings. The zero-order chi connectivity index (χ0) is 14.7. The van der Waals surface area contributed by atoms with Crippen molar-refractivity contribution in [3.63, 3.8) is 0 Å². The number of hydrogen-bond acceptors (Lipinski definition) is 3. The molecule has 0 aliphatic carbocycles. The fourth-order valence-electron chi connectivity index (χ4n) is 2.86. The van der Waals surface area contributed by atoms with Crippen LogP contribution in [0.3, 0.4) is 0 Å². The molecule has 21 heavy (non-hydrogen) atoms. The van der Waals surface area contributed by atoms with E-state index in [1.54, 1.807) is 34.8 Å². The van der Waals surface area contributed by atoms with E-state index >= 15 is 0 Å². The molecule has 1 fully saturated rings. The molecule has 0 spiro atoms. The van der Waals surface area contributed by atoms with Gasteiger partial charge in [0, 0.05) is 25.0 Å². The third-order valence-electron chi connectivity index (χ3n) is 3.93. The van der Waals surface area contributed by atoms with E-state index in [1.165, 1.54) is 0 Å². The van der Waals surface area contributed by atoms with Crippen molar-refractivity contribution in [1.82, 2.24) is 14.5 Å². The maximum atomic E-state index is 12.6. The van der Waals surface area contributed by atoms with Crippen LogP contribution in [0, 0.1) is 5.92 Å². The molecule has 6 heteroatoms. The van der Waals surface area contributed by atoms with E-state index in [0.29, 0.717) is 23.9 Å². The molecule has 0 radical (unpaired) electrons. The Labute approximate surface area is 125 Å². The van der Waals surface area contributed by atoms with Gasteiger partial charge in [-0.05, 0) is 43.4 Å². The maximum Gasteiger partial charge on any atom is 0.243 e. The fraction of sp³-hybridized carbons (Fsp3) is 0.400. The summed E-state index contributed by atoms with van der Waals surface area (Å²) in [6.45, 7) is 1.19. The van der Waals surface area contributed by atoms with Gasteiger partial charge in [0.25, 0.3) is 0 Å². The predicted octanol–water partition coefficient (Wildman–Crippen LogP) is 2.05. The molecule has 5 nitrogen and oxygen atoms in total. The molecular formula is C15H19N3O2S. The van der Waals surface area contributed by atoms with Crippen LogP contribution in [0.5, 0.6) is 0 Å². The summed E-state index contributed by atoms with van der Waals surface area (Å²) in [5, 5.41) is 6.90. The molecular weight excluding hydrogens is 286 g/mol. The lowest BCUT2D eigenvalue weighted by molar-refractivity contribution is 0.264. The first-order chi connectivity index (χ1) is 10.2. The summed E-state index contributed by atoms with van der Waals surface area (Å²) in [5.41, 5.74) is 1.07. The summed E-state index contributed by atoms with van der Waals surface area (Å²) in [6.07, 6.45) is 4.54. The zero-order valence-electron chi connectivity index (χ0n) is 11.8. The standard InChI is InChI=1S/C15H19N3O2S/c19-21(20,15-6-2-1-3-7-15)18-10-4-5-13(12-18)11-14-8-9-16-17-14/h1-3,6-9,13H,4-5,10-12H2,(H,16,17). The van der Waals surface area contributed by atoms with Gasteiger partial charge in [-0.3, -0.25) is 5.10 Å². The van der Waals surface area contributed by atoms with Crippen molar-refractivity contribution >= 4 is 10.0 Å². The molecule has 1 N–H and O–H groups in total. The molecule has 0 bridgehead atoms. The fourth-order valence-corrected chi connectivity index (χ4v) is 4.44. The Balaban J connectivity index is 1.74. The minimum absolute atomic E-state index is 0.345. The molecule has 3 rings (SSSR count). The molecule has 1 aromatic carbocycles. The second kappa shape index (κ2) is 5.99. The molecule has 1 aliphatic heterocycles. The summed E-state index contributed by atoms with van der Waals surface area (Å²) < 4.78 is 26.9. The van der Waals surface area contributed by atoms with E-state index < -0.39 is 10.0 Å². The minimum Gasteiger partial charge on any atom is -0.283 e. The summed E-state index contributed by atoms with van der Waals surface area (Å²) >= 11 is 0. The van der Waals surface area contributed by atoms with Gasteiger partial charge in [-0.15, -0.1) is 0 Å². The van der Waals surface area contributed by atoms with Crippen LogP contribution in [-0.2, 0) is 16.4 Å². The van der Waals surface area contributed by atoms with Gasteiger partial charge < -0.3 is 0 Å². The first-order valence-electron chi connectivity index (χ1n) is 7.20. The highest BCUT2D eigenvalue weighted by Gasteiger charge is 2.30.